The van der Waals surface area contributed by atoms with Crippen molar-refractivity contribution < 1.29 is 4.74 Å². The molecule has 5 heteroatoms. The number of halogens is 2. The van der Waals surface area contributed by atoms with Crippen molar-refractivity contribution in [2.45, 2.75) is 6.61 Å². The molecule has 0 atom stereocenters. The van der Waals surface area contributed by atoms with Gasteiger partial charge in [-0.2, -0.15) is 0 Å². The van der Waals surface area contributed by atoms with Gasteiger partial charge in [0.15, 0.2) is 0 Å². The normalized spacial score (nSPS) is 10.4. The standard InChI is InChI=1S/C11H10BrClN2O/c1-15-10(13)6-14-11(15)7-16-9-5-3-2-4-8(9)12/h2-6H,7H2,1H3. The van der Waals surface area contributed by atoms with E-state index in [1.54, 1.807) is 10.8 Å². The number of hydrogen-bond donors (Lipinski definition) is 0. The minimum Gasteiger partial charge on any atom is -0.484 e. The van der Waals surface area contributed by atoms with Crippen molar-refractivity contribution in [1.82, 2.24) is 9.55 Å². The van der Waals surface area contributed by atoms with Crippen molar-refractivity contribution in [3.05, 3.63) is 45.9 Å². The second kappa shape index (κ2) is 4.89. The molecule has 1 aromatic carbocycles. The van der Waals surface area contributed by atoms with E-state index < -0.39 is 0 Å². The Morgan fingerprint density at radius 1 is 1.44 bits per heavy atom. The third kappa shape index (κ3) is 2.39. The summed E-state index contributed by atoms with van der Waals surface area (Å²) in [7, 11) is 1.86. The highest BCUT2D eigenvalue weighted by atomic mass is 79.9. The highest BCUT2D eigenvalue weighted by Gasteiger charge is 2.06. The molecule has 0 unspecified atom stereocenters. The topological polar surface area (TPSA) is 27.1 Å². The Morgan fingerprint density at radius 2 is 2.19 bits per heavy atom. The summed E-state index contributed by atoms with van der Waals surface area (Å²) in [4.78, 5) is 4.15. The average Bonchev–Trinajstić information content (AvgIpc) is 2.59. The van der Waals surface area contributed by atoms with Gasteiger partial charge in [-0.15, -0.1) is 0 Å². The van der Waals surface area contributed by atoms with Crippen LogP contribution in [0.2, 0.25) is 5.15 Å². The predicted molar refractivity (Wildman–Crippen MR) is 66.7 cm³/mol. The number of para-hydroxylation sites is 1. The largest absolute Gasteiger partial charge is 0.484 e. The van der Waals surface area contributed by atoms with Crippen LogP contribution in [-0.2, 0) is 13.7 Å². The highest BCUT2D eigenvalue weighted by Crippen LogP contribution is 2.24. The van der Waals surface area contributed by atoms with E-state index in [9.17, 15) is 0 Å². The Hall–Kier alpha value is -1.000. The first-order valence-electron chi connectivity index (χ1n) is 4.72. The van der Waals surface area contributed by atoms with E-state index in [-0.39, 0.29) is 0 Å². The SMILES string of the molecule is Cn1c(Cl)cnc1COc1ccccc1Br. The van der Waals surface area contributed by atoms with Crippen LogP contribution in [0.25, 0.3) is 0 Å². The van der Waals surface area contributed by atoms with Gasteiger partial charge in [0.05, 0.1) is 10.7 Å². The van der Waals surface area contributed by atoms with E-state index >= 15 is 0 Å². The highest BCUT2D eigenvalue weighted by molar-refractivity contribution is 9.10. The number of imidazole rings is 1. The van der Waals surface area contributed by atoms with Crippen LogP contribution < -0.4 is 4.74 Å². The minimum absolute atomic E-state index is 0.395. The predicted octanol–water partition coefficient (Wildman–Crippen LogP) is 3.42. The Bertz CT molecular complexity index is 498. The summed E-state index contributed by atoms with van der Waals surface area (Å²) in [6.07, 6.45) is 1.61. The Labute approximate surface area is 107 Å². The van der Waals surface area contributed by atoms with Gasteiger partial charge in [0, 0.05) is 7.05 Å². The lowest BCUT2D eigenvalue weighted by Gasteiger charge is -2.07. The molecule has 1 aromatic heterocycles. The number of hydrogen-bond acceptors (Lipinski definition) is 2. The molecule has 0 aliphatic rings. The lowest BCUT2D eigenvalue weighted by Crippen LogP contribution is -2.03. The second-order valence-electron chi connectivity index (χ2n) is 3.28. The summed E-state index contributed by atoms with van der Waals surface area (Å²) in [6.45, 7) is 0.395. The van der Waals surface area contributed by atoms with Crippen LogP contribution in [-0.4, -0.2) is 9.55 Å². The molecule has 2 aromatic rings. The third-order valence-corrected chi connectivity index (χ3v) is 3.23. The molecule has 0 amide bonds. The van der Waals surface area contributed by atoms with E-state index in [4.69, 9.17) is 16.3 Å². The molecule has 1 heterocycles. The number of ether oxygens (including phenoxy) is 1. The Kier molecular flexibility index (Phi) is 3.51. The fourth-order valence-electron chi connectivity index (χ4n) is 1.26. The summed E-state index contributed by atoms with van der Waals surface area (Å²) in [6, 6.07) is 7.69. The van der Waals surface area contributed by atoms with Crippen LogP contribution in [0.15, 0.2) is 34.9 Å². The molecule has 0 aliphatic heterocycles. The van der Waals surface area contributed by atoms with Gasteiger partial charge in [0.1, 0.15) is 23.3 Å². The molecule has 16 heavy (non-hydrogen) atoms. The van der Waals surface area contributed by atoms with Gasteiger partial charge >= 0.3 is 0 Å². The maximum atomic E-state index is 5.88. The summed E-state index contributed by atoms with van der Waals surface area (Å²) in [5.74, 6) is 1.59. The van der Waals surface area contributed by atoms with Gasteiger partial charge in [-0.25, -0.2) is 4.98 Å². The van der Waals surface area contributed by atoms with Crippen LogP contribution in [0.5, 0.6) is 5.75 Å². The fraction of sp³-hybridized carbons (Fsp3) is 0.182. The van der Waals surface area contributed by atoms with Crippen molar-refractivity contribution in [2.75, 3.05) is 0 Å². The van der Waals surface area contributed by atoms with Crippen LogP contribution in [0.1, 0.15) is 5.82 Å². The van der Waals surface area contributed by atoms with E-state index in [2.05, 4.69) is 20.9 Å². The van der Waals surface area contributed by atoms with Crippen LogP contribution in [0, 0.1) is 0 Å². The zero-order chi connectivity index (χ0) is 11.5. The molecular formula is C11H10BrClN2O. The first-order chi connectivity index (χ1) is 7.68. The molecule has 0 fully saturated rings. The number of nitrogens with zero attached hydrogens (tertiary/aromatic N) is 2. The first kappa shape index (κ1) is 11.5. The van der Waals surface area contributed by atoms with E-state index in [0.29, 0.717) is 11.8 Å². The van der Waals surface area contributed by atoms with Crippen molar-refractivity contribution in [2.24, 2.45) is 7.05 Å². The van der Waals surface area contributed by atoms with E-state index in [1.165, 1.54) is 0 Å². The third-order valence-electron chi connectivity index (χ3n) is 2.22. The number of benzene rings is 1. The summed E-state index contributed by atoms with van der Waals surface area (Å²) >= 11 is 9.29. The molecule has 0 aliphatic carbocycles. The van der Waals surface area contributed by atoms with Crippen LogP contribution in [0.4, 0.5) is 0 Å². The lowest BCUT2D eigenvalue weighted by molar-refractivity contribution is 0.290. The quantitative estimate of drug-likeness (QED) is 0.868. The van der Waals surface area contributed by atoms with Crippen molar-refractivity contribution in [1.29, 1.82) is 0 Å². The molecule has 0 saturated carbocycles. The molecule has 2 rings (SSSR count). The maximum Gasteiger partial charge on any atom is 0.147 e. The monoisotopic (exact) mass is 300 g/mol. The average molecular weight is 302 g/mol. The number of rotatable bonds is 3. The van der Waals surface area contributed by atoms with Gasteiger partial charge in [0.2, 0.25) is 0 Å². The van der Waals surface area contributed by atoms with Crippen LogP contribution >= 0.6 is 27.5 Å². The van der Waals surface area contributed by atoms with Crippen molar-refractivity contribution in [3.8, 4) is 5.75 Å². The molecule has 0 saturated heterocycles. The van der Waals surface area contributed by atoms with E-state index in [1.807, 2.05) is 31.3 Å². The lowest BCUT2D eigenvalue weighted by atomic mass is 10.3. The molecule has 0 spiro atoms. The Morgan fingerprint density at radius 3 is 2.81 bits per heavy atom. The van der Waals surface area contributed by atoms with Gasteiger partial charge in [0.25, 0.3) is 0 Å². The molecule has 3 nitrogen and oxygen atoms in total. The molecule has 84 valence electrons. The van der Waals surface area contributed by atoms with Crippen molar-refractivity contribution in [3.63, 3.8) is 0 Å². The zero-order valence-corrected chi connectivity index (χ0v) is 11.0. The fourth-order valence-corrected chi connectivity index (χ4v) is 1.81. The molecule has 0 bridgehead atoms. The Balaban J connectivity index is 2.08. The van der Waals surface area contributed by atoms with Crippen LogP contribution in [0.3, 0.4) is 0 Å². The first-order valence-corrected chi connectivity index (χ1v) is 5.89. The van der Waals surface area contributed by atoms with E-state index in [0.717, 1.165) is 16.0 Å². The smallest absolute Gasteiger partial charge is 0.147 e. The summed E-state index contributed by atoms with van der Waals surface area (Å²) in [5, 5.41) is 0.603. The molecular weight excluding hydrogens is 291 g/mol. The maximum absolute atomic E-state index is 5.88. The molecule has 0 radical (unpaired) electrons. The zero-order valence-electron chi connectivity index (χ0n) is 8.65. The van der Waals surface area contributed by atoms with Gasteiger partial charge < -0.3 is 9.30 Å². The van der Waals surface area contributed by atoms with Gasteiger partial charge in [-0.3, -0.25) is 0 Å². The van der Waals surface area contributed by atoms with Gasteiger partial charge in [-0.1, -0.05) is 23.7 Å². The summed E-state index contributed by atoms with van der Waals surface area (Å²) < 4.78 is 8.34. The minimum atomic E-state index is 0.395. The summed E-state index contributed by atoms with van der Waals surface area (Å²) in [5.41, 5.74) is 0. The second-order valence-corrected chi connectivity index (χ2v) is 4.52. The molecule has 0 N–H and O–H groups in total. The number of aromatic nitrogens is 2. The van der Waals surface area contributed by atoms with Crippen molar-refractivity contribution >= 4 is 27.5 Å². The van der Waals surface area contributed by atoms with Gasteiger partial charge in [-0.05, 0) is 28.1 Å².